The van der Waals surface area contributed by atoms with Gasteiger partial charge in [0, 0.05) is 6.42 Å². The number of methoxy groups -OCH3 is 2. The maximum Gasteiger partial charge on any atom is 0.407 e. The van der Waals surface area contributed by atoms with Crippen LogP contribution in [0.3, 0.4) is 0 Å². The highest BCUT2D eigenvalue weighted by Gasteiger charge is 2.20. The van der Waals surface area contributed by atoms with Crippen LogP contribution in [0.15, 0.2) is 0 Å². The molecule has 6 nitrogen and oxygen atoms in total. The second-order valence-electron chi connectivity index (χ2n) is 2.41. The second kappa shape index (κ2) is 6.71. The van der Waals surface area contributed by atoms with Gasteiger partial charge in [-0.25, -0.2) is 9.59 Å². The molecule has 0 rings (SSSR count). The van der Waals surface area contributed by atoms with E-state index in [0.29, 0.717) is 0 Å². The van der Waals surface area contributed by atoms with E-state index in [0.717, 1.165) is 0 Å². The molecule has 0 aromatic rings. The summed E-state index contributed by atoms with van der Waals surface area (Å²) in [6.45, 7) is 0. The van der Waals surface area contributed by atoms with Gasteiger partial charge in [-0.3, -0.25) is 0 Å². The van der Waals surface area contributed by atoms with E-state index in [2.05, 4.69) is 14.8 Å². The maximum absolute atomic E-state index is 11.1. The van der Waals surface area contributed by atoms with Crippen molar-refractivity contribution < 1.29 is 19.1 Å². The quantitative estimate of drug-likeness (QED) is 0.654. The van der Waals surface area contributed by atoms with Gasteiger partial charge in [0.1, 0.15) is 6.04 Å². The zero-order valence-corrected chi connectivity index (χ0v) is 8.07. The molecule has 0 spiro atoms. The first-order chi connectivity index (χ1) is 6.65. The molecule has 1 atom stereocenters. The molecule has 0 aliphatic heterocycles. The average Bonchev–Trinajstić information content (AvgIpc) is 2.22. The van der Waals surface area contributed by atoms with Gasteiger partial charge in [0.15, 0.2) is 0 Å². The highest BCUT2D eigenvalue weighted by molar-refractivity contribution is 5.81. The van der Waals surface area contributed by atoms with Gasteiger partial charge in [-0.15, -0.1) is 0 Å². The minimum Gasteiger partial charge on any atom is -0.467 e. The fourth-order valence-corrected chi connectivity index (χ4v) is 0.801. The molecule has 0 fully saturated rings. The highest BCUT2D eigenvalue weighted by atomic mass is 16.5. The van der Waals surface area contributed by atoms with Crippen LogP contribution in [0.25, 0.3) is 0 Å². The first-order valence-corrected chi connectivity index (χ1v) is 3.95. The third kappa shape index (κ3) is 4.30. The summed E-state index contributed by atoms with van der Waals surface area (Å²) in [5, 5.41) is 10.6. The number of carbonyl (C=O) groups is 2. The SMILES string of the molecule is COC(=O)NC(CCC#N)C(=O)OC. The van der Waals surface area contributed by atoms with Crippen LogP contribution in [0.1, 0.15) is 12.8 Å². The molecule has 1 amide bonds. The van der Waals surface area contributed by atoms with Crippen LogP contribution in [0.5, 0.6) is 0 Å². The Balaban J connectivity index is 4.18. The minimum absolute atomic E-state index is 0.157. The molecular weight excluding hydrogens is 188 g/mol. The maximum atomic E-state index is 11.1. The van der Waals surface area contributed by atoms with Gasteiger partial charge in [-0.2, -0.15) is 5.26 Å². The normalized spacial score (nSPS) is 10.9. The first kappa shape index (κ1) is 12.2. The number of ether oxygens (including phenoxy) is 2. The van der Waals surface area contributed by atoms with Gasteiger partial charge in [-0.1, -0.05) is 0 Å². The fraction of sp³-hybridized carbons (Fsp3) is 0.625. The molecule has 0 saturated carbocycles. The van der Waals surface area contributed by atoms with Gasteiger partial charge < -0.3 is 14.8 Å². The summed E-state index contributed by atoms with van der Waals surface area (Å²) in [5.74, 6) is -0.592. The molecule has 0 bridgehead atoms. The van der Waals surface area contributed by atoms with E-state index < -0.39 is 18.1 Å². The predicted molar refractivity (Wildman–Crippen MR) is 46.2 cm³/mol. The molecule has 0 aliphatic rings. The Bertz CT molecular complexity index is 246. The third-order valence-electron chi connectivity index (χ3n) is 1.51. The Morgan fingerprint density at radius 2 is 2.07 bits per heavy atom. The number of amides is 1. The van der Waals surface area contributed by atoms with Crippen LogP contribution in [0.4, 0.5) is 4.79 Å². The van der Waals surface area contributed by atoms with E-state index >= 15 is 0 Å². The number of alkyl carbamates (subject to hydrolysis) is 1. The van der Waals surface area contributed by atoms with Crippen LogP contribution >= 0.6 is 0 Å². The number of esters is 1. The van der Waals surface area contributed by atoms with Gasteiger partial charge in [0.2, 0.25) is 0 Å². The van der Waals surface area contributed by atoms with Gasteiger partial charge in [-0.05, 0) is 6.42 Å². The zero-order valence-electron chi connectivity index (χ0n) is 8.07. The summed E-state index contributed by atoms with van der Waals surface area (Å²) in [6, 6.07) is 1.04. The Hall–Kier alpha value is -1.77. The first-order valence-electron chi connectivity index (χ1n) is 3.95. The molecule has 1 N–H and O–H groups in total. The van der Waals surface area contributed by atoms with Crippen LogP contribution in [-0.2, 0) is 14.3 Å². The number of nitrogens with zero attached hydrogens (tertiary/aromatic N) is 1. The van der Waals surface area contributed by atoms with Crippen molar-refractivity contribution in [1.82, 2.24) is 5.32 Å². The van der Waals surface area contributed by atoms with Crippen molar-refractivity contribution in [1.29, 1.82) is 5.26 Å². The highest BCUT2D eigenvalue weighted by Crippen LogP contribution is 1.99. The topological polar surface area (TPSA) is 88.4 Å². The van der Waals surface area contributed by atoms with Gasteiger partial charge in [0.25, 0.3) is 0 Å². The lowest BCUT2D eigenvalue weighted by Gasteiger charge is -2.13. The van der Waals surface area contributed by atoms with Crippen molar-refractivity contribution in [3.63, 3.8) is 0 Å². The average molecular weight is 200 g/mol. The monoisotopic (exact) mass is 200 g/mol. The van der Waals surface area contributed by atoms with E-state index in [1.54, 1.807) is 0 Å². The predicted octanol–water partition coefficient (Wildman–Crippen LogP) is 0.188. The lowest BCUT2D eigenvalue weighted by Crippen LogP contribution is -2.41. The van der Waals surface area contributed by atoms with E-state index in [1.165, 1.54) is 14.2 Å². The van der Waals surface area contributed by atoms with Gasteiger partial charge >= 0.3 is 12.1 Å². The van der Waals surface area contributed by atoms with Crippen LogP contribution < -0.4 is 5.32 Å². The standard InChI is InChI=1S/C8H12N2O4/c1-13-7(11)6(4-3-5-9)10-8(12)14-2/h6H,3-4H2,1-2H3,(H,10,12). The van der Waals surface area contributed by atoms with Crippen molar-refractivity contribution in [3.05, 3.63) is 0 Å². The molecule has 0 heterocycles. The second-order valence-corrected chi connectivity index (χ2v) is 2.41. The number of hydrogen-bond acceptors (Lipinski definition) is 5. The fourth-order valence-electron chi connectivity index (χ4n) is 0.801. The van der Waals surface area contributed by atoms with Gasteiger partial charge in [0.05, 0.1) is 20.3 Å². The number of rotatable bonds is 4. The lowest BCUT2D eigenvalue weighted by molar-refractivity contribution is -0.143. The van der Waals surface area contributed by atoms with Crippen LogP contribution in [0.2, 0.25) is 0 Å². The summed E-state index contributed by atoms with van der Waals surface area (Å²) in [7, 11) is 2.40. The van der Waals surface area contributed by atoms with Crippen LogP contribution in [0, 0.1) is 11.3 Å². The molecule has 6 heteroatoms. The van der Waals surface area contributed by atoms with Crippen molar-refractivity contribution in [2.75, 3.05) is 14.2 Å². The minimum atomic E-state index is -0.827. The molecule has 0 aromatic heterocycles. The van der Waals surface area contributed by atoms with Crippen molar-refractivity contribution in [2.45, 2.75) is 18.9 Å². The largest absolute Gasteiger partial charge is 0.467 e. The zero-order chi connectivity index (χ0) is 11.0. The lowest BCUT2D eigenvalue weighted by atomic mass is 10.2. The molecular formula is C8H12N2O4. The third-order valence-corrected chi connectivity index (χ3v) is 1.51. The summed E-state index contributed by atoms with van der Waals surface area (Å²) in [5.41, 5.74) is 0. The smallest absolute Gasteiger partial charge is 0.407 e. The van der Waals surface area contributed by atoms with Crippen LogP contribution in [-0.4, -0.2) is 32.3 Å². The summed E-state index contributed by atoms with van der Waals surface area (Å²) in [6.07, 6.45) is -0.361. The number of nitriles is 1. The summed E-state index contributed by atoms with van der Waals surface area (Å²) in [4.78, 5) is 21.8. The van der Waals surface area contributed by atoms with E-state index in [-0.39, 0.29) is 12.8 Å². The summed E-state index contributed by atoms with van der Waals surface area (Å²) < 4.78 is 8.75. The van der Waals surface area contributed by atoms with E-state index in [1.807, 2.05) is 6.07 Å². The van der Waals surface area contributed by atoms with Crippen molar-refractivity contribution >= 4 is 12.1 Å². The van der Waals surface area contributed by atoms with E-state index in [9.17, 15) is 9.59 Å². The number of nitrogens with one attached hydrogen (secondary N) is 1. The molecule has 0 saturated heterocycles. The Labute approximate surface area is 81.8 Å². The number of carbonyl (C=O) groups excluding carboxylic acids is 2. The Kier molecular flexibility index (Phi) is 5.87. The van der Waals surface area contributed by atoms with Crippen molar-refractivity contribution in [2.24, 2.45) is 0 Å². The molecule has 14 heavy (non-hydrogen) atoms. The van der Waals surface area contributed by atoms with E-state index in [4.69, 9.17) is 5.26 Å². The molecule has 0 radical (unpaired) electrons. The summed E-state index contributed by atoms with van der Waals surface area (Å²) >= 11 is 0. The molecule has 0 aromatic carbocycles. The molecule has 78 valence electrons. The molecule has 0 aliphatic carbocycles. The Morgan fingerprint density at radius 1 is 1.43 bits per heavy atom. The molecule has 1 unspecified atom stereocenters. The van der Waals surface area contributed by atoms with Crippen molar-refractivity contribution in [3.8, 4) is 6.07 Å². The number of hydrogen-bond donors (Lipinski definition) is 1. The Morgan fingerprint density at radius 3 is 2.50 bits per heavy atom.